The van der Waals surface area contributed by atoms with E-state index in [-0.39, 0.29) is 0 Å². The first-order valence-electron chi connectivity index (χ1n) is 6.01. The standard InChI is InChI=1S/C13H23N/c1-3-4-8-11-14-12(2)13-9-6-5-7-10-13/h1,12-14H,4-11H2,2H3. The highest BCUT2D eigenvalue weighted by Gasteiger charge is 2.18. The van der Waals surface area contributed by atoms with E-state index in [0.29, 0.717) is 6.04 Å². The minimum Gasteiger partial charge on any atom is -0.314 e. The molecule has 1 rings (SSSR count). The van der Waals surface area contributed by atoms with Gasteiger partial charge in [0.15, 0.2) is 0 Å². The van der Waals surface area contributed by atoms with Crippen molar-refractivity contribution in [2.24, 2.45) is 5.92 Å². The Morgan fingerprint density at radius 1 is 1.36 bits per heavy atom. The van der Waals surface area contributed by atoms with Crippen LogP contribution in [0, 0.1) is 18.3 Å². The van der Waals surface area contributed by atoms with E-state index >= 15 is 0 Å². The Kier molecular flexibility index (Phi) is 5.71. The monoisotopic (exact) mass is 193 g/mol. The van der Waals surface area contributed by atoms with Gasteiger partial charge in [0.25, 0.3) is 0 Å². The summed E-state index contributed by atoms with van der Waals surface area (Å²) < 4.78 is 0. The maximum Gasteiger partial charge on any atom is 0.00981 e. The van der Waals surface area contributed by atoms with Crippen LogP contribution in [-0.2, 0) is 0 Å². The van der Waals surface area contributed by atoms with Gasteiger partial charge in [0, 0.05) is 12.5 Å². The maximum atomic E-state index is 5.21. The molecule has 0 aromatic heterocycles. The third-order valence-electron chi connectivity index (χ3n) is 3.32. The molecule has 1 unspecified atom stereocenters. The zero-order chi connectivity index (χ0) is 10.2. The quantitative estimate of drug-likeness (QED) is 0.523. The predicted octanol–water partition coefficient (Wildman–Crippen LogP) is 2.96. The summed E-state index contributed by atoms with van der Waals surface area (Å²) in [6, 6.07) is 0.688. The Morgan fingerprint density at radius 2 is 2.07 bits per heavy atom. The first-order valence-corrected chi connectivity index (χ1v) is 6.01. The Bertz CT molecular complexity index is 174. The molecule has 0 aromatic carbocycles. The van der Waals surface area contributed by atoms with Crippen molar-refractivity contribution in [1.29, 1.82) is 0 Å². The van der Waals surface area contributed by atoms with E-state index in [4.69, 9.17) is 6.42 Å². The van der Waals surface area contributed by atoms with E-state index in [1.165, 1.54) is 32.1 Å². The molecule has 0 spiro atoms. The van der Waals surface area contributed by atoms with Crippen LogP contribution in [0.3, 0.4) is 0 Å². The lowest BCUT2D eigenvalue weighted by Gasteiger charge is -2.28. The van der Waals surface area contributed by atoms with Gasteiger partial charge in [-0.05, 0) is 38.6 Å². The van der Waals surface area contributed by atoms with Crippen LogP contribution in [0.1, 0.15) is 51.9 Å². The normalized spacial score (nSPS) is 20.3. The molecular weight excluding hydrogens is 170 g/mol. The van der Waals surface area contributed by atoms with Gasteiger partial charge in [-0.3, -0.25) is 0 Å². The van der Waals surface area contributed by atoms with Crippen LogP contribution in [0.4, 0.5) is 0 Å². The Balaban J connectivity index is 2.07. The summed E-state index contributed by atoms with van der Waals surface area (Å²) in [6.45, 7) is 3.41. The molecular formula is C13H23N. The van der Waals surface area contributed by atoms with Gasteiger partial charge in [0.05, 0.1) is 0 Å². The number of rotatable bonds is 5. The van der Waals surface area contributed by atoms with Gasteiger partial charge in [0.1, 0.15) is 0 Å². The predicted molar refractivity (Wildman–Crippen MR) is 62.1 cm³/mol. The molecule has 1 aliphatic carbocycles. The second-order valence-electron chi connectivity index (χ2n) is 4.45. The highest BCUT2D eigenvalue weighted by atomic mass is 14.9. The molecule has 1 aliphatic rings. The molecule has 1 saturated carbocycles. The lowest BCUT2D eigenvalue weighted by atomic mass is 9.84. The van der Waals surface area contributed by atoms with Crippen LogP contribution < -0.4 is 5.32 Å². The van der Waals surface area contributed by atoms with Crippen molar-refractivity contribution in [3.63, 3.8) is 0 Å². The van der Waals surface area contributed by atoms with Crippen molar-refractivity contribution in [3.05, 3.63) is 0 Å². The summed E-state index contributed by atoms with van der Waals surface area (Å²) in [4.78, 5) is 0. The van der Waals surface area contributed by atoms with Gasteiger partial charge in [-0.25, -0.2) is 0 Å². The molecule has 1 N–H and O–H groups in total. The summed E-state index contributed by atoms with van der Waals surface area (Å²) in [7, 11) is 0. The van der Waals surface area contributed by atoms with Crippen molar-refractivity contribution < 1.29 is 0 Å². The fourth-order valence-corrected chi connectivity index (χ4v) is 2.32. The van der Waals surface area contributed by atoms with E-state index < -0.39 is 0 Å². The third-order valence-corrected chi connectivity index (χ3v) is 3.32. The van der Waals surface area contributed by atoms with Crippen LogP contribution in [0.25, 0.3) is 0 Å². The lowest BCUT2D eigenvalue weighted by molar-refractivity contribution is 0.281. The van der Waals surface area contributed by atoms with Crippen molar-refractivity contribution >= 4 is 0 Å². The largest absolute Gasteiger partial charge is 0.314 e. The molecule has 1 nitrogen and oxygen atoms in total. The van der Waals surface area contributed by atoms with E-state index in [2.05, 4.69) is 18.2 Å². The second kappa shape index (κ2) is 6.90. The lowest BCUT2D eigenvalue weighted by Crippen LogP contribution is -2.35. The van der Waals surface area contributed by atoms with Crippen LogP contribution in [0.5, 0.6) is 0 Å². The van der Waals surface area contributed by atoms with Crippen LogP contribution >= 0.6 is 0 Å². The number of unbranched alkanes of at least 4 members (excludes halogenated alkanes) is 1. The summed E-state index contributed by atoms with van der Waals surface area (Å²) in [5, 5.41) is 3.59. The van der Waals surface area contributed by atoms with E-state index in [1.807, 2.05) is 0 Å². The van der Waals surface area contributed by atoms with Gasteiger partial charge in [-0.15, -0.1) is 12.3 Å². The zero-order valence-electron chi connectivity index (χ0n) is 9.39. The highest BCUT2D eigenvalue weighted by Crippen LogP contribution is 2.26. The van der Waals surface area contributed by atoms with Crippen molar-refractivity contribution in [3.8, 4) is 12.3 Å². The van der Waals surface area contributed by atoms with E-state index in [1.54, 1.807) is 0 Å². The summed E-state index contributed by atoms with van der Waals surface area (Å²) in [5.74, 6) is 3.59. The summed E-state index contributed by atoms with van der Waals surface area (Å²) >= 11 is 0. The first-order chi connectivity index (χ1) is 6.84. The number of terminal acetylenes is 1. The molecule has 0 saturated heterocycles. The van der Waals surface area contributed by atoms with Gasteiger partial charge >= 0.3 is 0 Å². The van der Waals surface area contributed by atoms with Gasteiger partial charge in [-0.1, -0.05) is 19.3 Å². The van der Waals surface area contributed by atoms with Gasteiger partial charge in [-0.2, -0.15) is 0 Å². The average Bonchev–Trinajstić information content (AvgIpc) is 2.25. The van der Waals surface area contributed by atoms with Crippen molar-refractivity contribution in [2.75, 3.05) is 6.54 Å². The smallest absolute Gasteiger partial charge is 0.00981 e. The Labute approximate surface area is 88.7 Å². The Hall–Kier alpha value is -0.480. The van der Waals surface area contributed by atoms with Gasteiger partial charge in [0.2, 0.25) is 0 Å². The number of hydrogen-bond acceptors (Lipinski definition) is 1. The van der Waals surface area contributed by atoms with Crippen LogP contribution in [-0.4, -0.2) is 12.6 Å². The average molecular weight is 193 g/mol. The summed E-state index contributed by atoms with van der Waals surface area (Å²) in [6.07, 6.45) is 14.4. The zero-order valence-corrected chi connectivity index (χ0v) is 9.39. The molecule has 0 heterocycles. The van der Waals surface area contributed by atoms with Crippen LogP contribution in [0.15, 0.2) is 0 Å². The summed E-state index contributed by atoms with van der Waals surface area (Å²) in [5.41, 5.74) is 0. The van der Waals surface area contributed by atoms with Gasteiger partial charge < -0.3 is 5.32 Å². The molecule has 1 heteroatoms. The molecule has 80 valence electrons. The Morgan fingerprint density at radius 3 is 2.71 bits per heavy atom. The maximum absolute atomic E-state index is 5.21. The number of hydrogen-bond donors (Lipinski definition) is 1. The fraction of sp³-hybridized carbons (Fsp3) is 0.846. The van der Waals surface area contributed by atoms with Crippen LogP contribution in [0.2, 0.25) is 0 Å². The van der Waals surface area contributed by atoms with E-state index in [9.17, 15) is 0 Å². The topological polar surface area (TPSA) is 12.0 Å². The minimum absolute atomic E-state index is 0.688. The molecule has 1 atom stereocenters. The molecule has 0 bridgehead atoms. The van der Waals surface area contributed by atoms with Crippen molar-refractivity contribution in [1.82, 2.24) is 5.32 Å². The molecule has 14 heavy (non-hydrogen) atoms. The second-order valence-corrected chi connectivity index (χ2v) is 4.45. The SMILES string of the molecule is C#CCCCNC(C)C1CCCCC1. The van der Waals surface area contributed by atoms with E-state index in [0.717, 1.165) is 25.3 Å². The highest BCUT2D eigenvalue weighted by molar-refractivity contribution is 4.83. The first kappa shape index (κ1) is 11.6. The molecule has 0 amide bonds. The van der Waals surface area contributed by atoms with Crippen molar-refractivity contribution in [2.45, 2.75) is 57.9 Å². The molecule has 0 aliphatic heterocycles. The third kappa shape index (κ3) is 4.15. The molecule has 0 aromatic rings. The minimum atomic E-state index is 0.688. The number of nitrogens with one attached hydrogen (secondary N) is 1. The fourth-order valence-electron chi connectivity index (χ4n) is 2.32. The molecule has 0 radical (unpaired) electrons. The molecule has 1 fully saturated rings.